The summed E-state index contributed by atoms with van der Waals surface area (Å²) in [6, 6.07) is 0. The smallest absolute Gasteiger partial charge is 0.234 e. The highest BCUT2D eigenvalue weighted by Crippen LogP contribution is 2.64. The van der Waals surface area contributed by atoms with Crippen LogP contribution in [0.1, 0.15) is 46.0 Å². The van der Waals surface area contributed by atoms with Crippen LogP contribution in [0, 0.1) is 17.3 Å². The van der Waals surface area contributed by atoms with Crippen LogP contribution in [0.5, 0.6) is 0 Å². The van der Waals surface area contributed by atoms with Crippen molar-refractivity contribution in [1.29, 1.82) is 0 Å². The predicted octanol–water partition coefficient (Wildman–Crippen LogP) is 1.32. The number of aliphatic hydroxyl groups excluding tert-OH is 1. The molecule has 0 aromatic carbocycles. The zero-order valence-electron chi connectivity index (χ0n) is 11.1. The molecule has 0 bridgehead atoms. The Bertz CT molecular complexity index is 385. The number of imide groups is 1. The molecule has 18 heavy (non-hydrogen) atoms. The van der Waals surface area contributed by atoms with Gasteiger partial charge in [-0.15, -0.1) is 0 Å². The Morgan fingerprint density at radius 1 is 1.11 bits per heavy atom. The van der Waals surface area contributed by atoms with Crippen LogP contribution in [0.25, 0.3) is 0 Å². The van der Waals surface area contributed by atoms with Crippen LogP contribution in [0.4, 0.5) is 0 Å². The van der Waals surface area contributed by atoms with Crippen molar-refractivity contribution in [3.05, 3.63) is 0 Å². The second kappa shape index (κ2) is 3.56. The van der Waals surface area contributed by atoms with Gasteiger partial charge in [-0.05, 0) is 18.3 Å². The topological polar surface area (TPSA) is 57.6 Å². The first-order valence-electron chi connectivity index (χ1n) is 6.94. The van der Waals surface area contributed by atoms with Crippen LogP contribution in [0.2, 0.25) is 0 Å². The van der Waals surface area contributed by atoms with Gasteiger partial charge in [0.2, 0.25) is 11.8 Å². The number of carbonyl (C=O) groups excluding carboxylic acids is 2. The third-order valence-electron chi connectivity index (χ3n) is 5.35. The number of carbonyl (C=O) groups is 2. The molecule has 1 N–H and O–H groups in total. The van der Waals surface area contributed by atoms with Crippen molar-refractivity contribution in [2.24, 2.45) is 17.3 Å². The number of likely N-dealkylation sites (tertiary alicyclic amines) is 1. The molecule has 2 unspecified atom stereocenters. The van der Waals surface area contributed by atoms with Gasteiger partial charge in [-0.3, -0.25) is 14.5 Å². The first-order valence-corrected chi connectivity index (χ1v) is 6.94. The Labute approximate surface area is 107 Å². The largest absolute Gasteiger partial charge is 0.394 e. The molecule has 4 nitrogen and oxygen atoms in total. The van der Waals surface area contributed by atoms with Crippen molar-refractivity contribution < 1.29 is 14.7 Å². The summed E-state index contributed by atoms with van der Waals surface area (Å²) in [6.45, 7) is 3.90. The normalized spacial score (nSPS) is 36.7. The molecule has 100 valence electrons. The van der Waals surface area contributed by atoms with Crippen molar-refractivity contribution in [2.45, 2.75) is 51.5 Å². The van der Waals surface area contributed by atoms with Gasteiger partial charge in [-0.2, -0.15) is 0 Å². The van der Waals surface area contributed by atoms with Gasteiger partial charge in [0.15, 0.2) is 0 Å². The Balaban J connectivity index is 1.90. The maximum atomic E-state index is 12.4. The zero-order valence-corrected chi connectivity index (χ0v) is 11.1. The molecule has 2 aliphatic carbocycles. The molecule has 3 fully saturated rings. The second-order valence-corrected chi connectivity index (χ2v) is 6.73. The van der Waals surface area contributed by atoms with Crippen molar-refractivity contribution in [3.63, 3.8) is 0 Å². The summed E-state index contributed by atoms with van der Waals surface area (Å²) in [4.78, 5) is 26.3. The van der Waals surface area contributed by atoms with E-state index in [0.29, 0.717) is 0 Å². The number of hydrogen-bond acceptors (Lipinski definition) is 3. The molecule has 1 aliphatic heterocycles. The zero-order chi connectivity index (χ0) is 13.1. The minimum absolute atomic E-state index is 0.0362. The van der Waals surface area contributed by atoms with Crippen LogP contribution in [-0.2, 0) is 9.59 Å². The Hall–Kier alpha value is -0.900. The summed E-state index contributed by atoms with van der Waals surface area (Å²) in [7, 11) is 0. The van der Waals surface area contributed by atoms with Gasteiger partial charge < -0.3 is 5.11 Å². The van der Waals surface area contributed by atoms with E-state index in [4.69, 9.17) is 0 Å². The summed E-state index contributed by atoms with van der Waals surface area (Å²) in [5, 5.41) is 9.72. The standard InChI is InChI=1S/C14H21NO3/c1-13(2)9-10(13)12(18)15(11(9)17)14(8-16)6-4-3-5-7-14/h9-10,16H,3-8H2,1-2H3. The molecule has 0 radical (unpaired) electrons. The highest BCUT2D eigenvalue weighted by Gasteiger charge is 2.74. The molecule has 3 aliphatic rings. The fourth-order valence-corrected chi connectivity index (χ4v) is 4.08. The highest BCUT2D eigenvalue weighted by molar-refractivity contribution is 6.11. The number of fused-ring (bicyclic) bond motifs is 1. The van der Waals surface area contributed by atoms with E-state index >= 15 is 0 Å². The van der Waals surface area contributed by atoms with Crippen LogP contribution in [0.3, 0.4) is 0 Å². The monoisotopic (exact) mass is 251 g/mol. The maximum Gasteiger partial charge on any atom is 0.234 e. The van der Waals surface area contributed by atoms with Gasteiger partial charge in [0.25, 0.3) is 0 Å². The van der Waals surface area contributed by atoms with Crippen molar-refractivity contribution in [2.75, 3.05) is 6.61 Å². The molecule has 1 heterocycles. The molecule has 4 heteroatoms. The number of amides is 2. The summed E-state index contributed by atoms with van der Waals surface area (Å²) in [6.07, 6.45) is 4.66. The third-order valence-corrected chi connectivity index (χ3v) is 5.35. The lowest BCUT2D eigenvalue weighted by Gasteiger charge is -2.43. The van der Waals surface area contributed by atoms with Crippen LogP contribution >= 0.6 is 0 Å². The Morgan fingerprint density at radius 3 is 2.06 bits per heavy atom. The van der Waals surface area contributed by atoms with Crippen molar-refractivity contribution in [1.82, 2.24) is 4.90 Å². The van der Waals surface area contributed by atoms with Gasteiger partial charge in [0.1, 0.15) is 0 Å². The summed E-state index contributed by atoms with van der Waals surface area (Å²) < 4.78 is 0. The third kappa shape index (κ3) is 1.30. The fourth-order valence-electron chi connectivity index (χ4n) is 4.08. The number of piperidine rings is 1. The second-order valence-electron chi connectivity index (χ2n) is 6.73. The summed E-state index contributed by atoms with van der Waals surface area (Å²) in [5.74, 6) is -0.331. The highest BCUT2D eigenvalue weighted by atomic mass is 16.3. The number of aliphatic hydroxyl groups is 1. The van der Waals surface area contributed by atoms with E-state index in [1.165, 1.54) is 4.90 Å². The molecule has 2 saturated carbocycles. The van der Waals surface area contributed by atoms with Crippen molar-refractivity contribution >= 4 is 11.8 Å². The van der Waals surface area contributed by atoms with Crippen LogP contribution in [-0.4, -0.2) is 34.0 Å². The first kappa shape index (κ1) is 12.2. The van der Waals surface area contributed by atoms with E-state index < -0.39 is 5.54 Å². The molecular weight excluding hydrogens is 230 g/mol. The average Bonchev–Trinajstić information content (AvgIpc) is 2.80. The predicted molar refractivity (Wildman–Crippen MR) is 65.5 cm³/mol. The molecule has 3 rings (SSSR count). The molecule has 1 saturated heterocycles. The maximum absolute atomic E-state index is 12.4. The Morgan fingerprint density at radius 2 is 1.61 bits per heavy atom. The van der Waals surface area contributed by atoms with E-state index in [9.17, 15) is 14.7 Å². The minimum atomic E-state index is -0.587. The van der Waals surface area contributed by atoms with Crippen LogP contribution < -0.4 is 0 Å². The van der Waals surface area contributed by atoms with E-state index in [-0.39, 0.29) is 35.7 Å². The van der Waals surface area contributed by atoms with Crippen molar-refractivity contribution in [3.8, 4) is 0 Å². The minimum Gasteiger partial charge on any atom is -0.394 e. The van der Waals surface area contributed by atoms with E-state index in [1.807, 2.05) is 13.8 Å². The molecular formula is C14H21NO3. The van der Waals surface area contributed by atoms with Gasteiger partial charge in [0, 0.05) is 0 Å². The number of rotatable bonds is 2. The lowest BCUT2D eigenvalue weighted by molar-refractivity contribution is -0.154. The van der Waals surface area contributed by atoms with E-state index in [0.717, 1.165) is 32.1 Å². The lowest BCUT2D eigenvalue weighted by atomic mass is 9.80. The Kier molecular flexibility index (Phi) is 2.40. The van der Waals surface area contributed by atoms with Gasteiger partial charge in [-0.1, -0.05) is 33.1 Å². The summed E-state index contributed by atoms with van der Waals surface area (Å²) >= 11 is 0. The molecule has 0 aromatic heterocycles. The van der Waals surface area contributed by atoms with Gasteiger partial charge >= 0.3 is 0 Å². The quantitative estimate of drug-likeness (QED) is 0.753. The van der Waals surface area contributed by atoms with Gasteiger partial charge in [-0.25, -0.2) is 0 Å². The summed E-state index contributed by atoms with van der Waals surface area (Å²) in [5.41, 5.74) is -0.744. The lowest BCUT2D eigenvalue weighted by Crippen LogP contribution is -2.57. The van der Waals surface area contributed by atoms with Gasteiger partial charge in [0.05, 0.1) is 24.0 Å². The number of nitrogens with zero attached hydrogens (tertiary/aromatic N) is 1. The SMILES string of the molecule is CC1(C)C2C(=O)N(C3(CO)CCCCC3)C(=O)C21. The van der Waals surface area contributed by atoms with E-state index in [2.05, 4.69) is 0 Å². The van der Waals surface area contributed by atoms with Crippen LogP contribution in [0.15, 0.2) is 0 Å². The average molecular weight is 251 g/mol. The molecule has 0 aromatic rings. The fraction of sp³-hybridized carbons (Fsp3) is 0.857. The van der Waals surface area contributed by atoms with E-state index in [1.54, 1.807) is 0 Å². The molecule has 2 atom stereocenters. The first-order chi connectivity index (χ1) is 8.46. The number of hydrogen-bond donors (Lipinski definition) is 1. The molecule has 2 amide bonds. The molecule has 0 spiro atoms.